The lowest BCUT2D eigenvalue weighted by atomic mass is 10.2. The maximum Gasteiger partial charge on any atom is 0.416 e. The van der Waals surface area contributed by atoms with Crippen molar-refractivity contribution in [3.05, 3.63) is 81.3 Å². The van der Waals surface area contributed by atoms with Crippen LogP contribution >= 0.6 is 0 Å². The summed E-state index contributed by atoms with van der Waals surface area (Å²) in [6.45, 7) is 1.54. The van der Waals surface area contributed by atoms with Crippen molar-refractivity contribution in [2.75, 3.05) is 14.2 Å². The van der Waals surface area contributed by atoms with E-state index in [4.69, 9.17) is 9.47 Å². The molecule has 0 bridgehead atoms. The van der Waals surface area contributed by atoms with E-state index < -0.39 is 28.8 Å². The molecule has 0 spiro atoms. The molecular formula is C22H20F3N3O4. The molecule has 1 heterocycles. The van der Waals surface area contributed by atoms with Gasteiger partial charge in [0.2, 0.25) is 5.43 Å². The monoisotopic (exact) mass is 447 g/mol. The number of nitrogens with one attached hydrogen (secondary N) is 1. The maximum atomic E-state index is 13.1. The summed E-state index contributed by atoms with van der Waals surface area (Å²) >= 11 is 0. The van der Waals surface area contributed by atoms with Gasteiger partial charge in [-0.25, -0.2) is 4.68 Å². The molecule has 3 rings (SSSR count). The van der Waals surface area contributed by atoms with Crippen LogP contribution in [0.3, 0.4) is 0 Å². The lowest BCUT2D eigenvalue weighted by Gasteiger charge is -2.14. The van der Waals surface area contributed by atoms with Crippen LogP contribution in [-0.2, 0) is 12.7 Å². The van der Waals surface area contributed by atoms with Gasteiger partial charge in [-0.05, 0) is 37.3 Å². The lowest BCUT2D eigenvalue weighted by molar-refractivity contribution is -0.137. The number of benzene rings is 2. The molecule has 0 saturated carbocycles. The molecule has 0 saturated heterocycles. The Labute approximate surface area is 181 Å². The van der Waals surface area contributed by atoms with E-state index in [2.05, 4.69) is 10.4 Å². The summed E-state index contributed by atoms with van der Waals surface area (Å²) in [4.78, 5) is 25.0. The van der Waals surface area contributed by atoms with Gasteiger partial charge < -0.3 is 14.8 Å². The topological polar surface area (TPSA) is 82.5 Å². The minimum absolute atomic E-state index is 0.0323. The molecule has 0 aliphatic carbocycles. The number of halogens is 3. The number of amides is 1. The summed E-state index contributed by atoms with van der Waals surface area (Å²) < 4.78 is 50.7. The first-order valence-corrected chi connectivity index (χ1v) is 9.41. The first kappa shape index (κ1) is 22.9. The van der Waals surface area contributed by atoms with Crippen LogP contribution in [0.15, 0.2) is 53.3 Å². The van der Waals surface area contributed by atoms with Gasteiger partial charge in [-0.15, -0.1) is 0 Å². The number of hydrogen-bond donors (Lipinski definition) is 1. The van der Waals surface area contributed by atoms with E-state index in [1.807, 2.05) is 0 Å². The van der Waals surface area contributed by atoms with Crippen molar-refractivity contribution >= 4 is 5.91 Å². The second-order valence-electron chi connectivity index (χ2n) is 6.82. The predicted molar refractivity (Wildman–Crippen MR) is 110 cm³/mol. The average molecular weight is 447 g/mol. The lowest BCUT2D eigenvalue weighted by Crippen LogP contribution is -2.31. The molecule has 0 aliphatic heterocycles. The van der Waals surface area contributed by atoms with E-state index in [0.29, 0.717) is 17.1 Å². The summed E-state index contributed by atoms with van der Waals surface area (Å²) in [6, 6.07) is 10.6. The highest BCUT2D eigenvalue weighted by atomic mass is 19.4. The zero-order chi connectivity index (χ0) is 23.5. The van der Waals surface area contributed by atoms with Gasteiger partial charge in [-0.1, -0.05) is 6.07 Å². The van der Waals surface area contributed by atoms with Crippen LogP contribution in [0.1, 0.15) is 27.3 Å². The Hall–Kier alpha value is -3.82. The van der Waals surface area contributed by atoms with Gasteiger partial charge >= 0.3 is 6.18 Å². The number of alkyl halides is 3. The third-order valence-electron chi connectivity index (χ3n) is 4.67. The van der Waals surface area contributed by atoms with E-state index in [-0.39, 0.29) is 17.9 Å². The van der Waals surface area contributed by atoms with Crippen LogP contribution in [0.5, 0.6) is 11.5 Å². The number of ether oxygens (including phenoxy) is 2. The molecule has 2 aromatic carbocycles. The summed E-state index contributed by atoms with van der Waals surface area (Å²) in [5, 5.41) is 6.61. The highest BCUT2D eigenvalue weighted by Gasteiger charge is 2.30. The van der Waals surface area contributed by atoms with E-state index in [9.17, 15) is 22.8 Å². The quantitative estimate of drug-likeness (QED) is 0.626. The van der Waals surface area contributed by atoms with Crippen molar-refractivity contribution < 1.29 is 27.4 Å². The number of aromatic nitrogens is 2. The standard InChI is InChI=1S/C22H20F3N3O4/c1-13-9-18(29)20(27-28(13)16-6-4-5-15(10-16)22(23,24)25)21(30)26-12-14-7-8-17(31-2)11-19(14)32-3/h4-11H,12H2,1-3H3,(H,26,30). The minimum Gasteiger partial charge on any atom is -0.497 e. The summed E-state index contributed by atoms with van der Waals surface area (Å²) in [6.07, 6.45) is -4.54. The number of carbonyl (C=O) groups is 1. The van der Waals surface area contributed by atoms with Crippen molar-refractivity contribution in [2.45, 2.75) is 19.6 Å². The van der Waals surface area contributed by atoms with Gasteiger partial charge in [0.15, 0.2) is 5.69 Å². The number of rotatable bonds is 6. The Morgan fingerprint density at radius 3 is 2.50 bits per heavy atom. The molecule has 10 heteroatoms. The molecule has 0 atom stereocenters. The second kappa shape index (κ2) is 9.13. The molecule has 32 heavy (non-hydrogen) atoms. The number of nitrogens with zero attached hydrogens (tertiary/aromatic N) is 2. The normalized spacial score (nSPS) is 11.2. The molecule has 7 nitrogen and oxygen atoms in total. The first-order chi connectivity index (χ1) is 15.1. The highest BCUT2D eigenvalue weighted by Crippen LogP contribution is 2.30. The molecule has 0 fully saturated rings. The van der Waals surface area contributed by atoms with Gasteiger partial charge in [0.25, 0.3) is 5.91 Å². The minimum atomic E-state index is -4.54. The largest absolute Gasteiger partial charge is 0.497 e. The molecule has 3 aromatic rings. The van der Waals surface area contributed by atoms with Crippen LogP contribution in [0.2, 0.25) is 0 Å². The zero-order valence-corrected chi connectivity index (χ0v) is 17.5. The van der Waals surface area contributed by atoms with E-state index >= 15 is 0 Å². The molecular weight excluding hydrogens is 427 g/mol. The zero-order valence-electron chi connectivity index (χ0n) is 17.5. The molecule has 1 amide bonds. The molecule has 0 aliphatic rings. The van der Waals surface area contributed by atoms with Crippen LogP contribution in [0.4, 0.5) is 13.2 Å². The average Bonchev–Trinajstić information content (AvgIpc) is 2.77. The van der Waals surface area contributed by atoms with E-state index in [1.54, 1.807) is 18.2 Å². The number of methoxy groups -OCH3 is 2. The molecule has 168 valence electrons. The Kier molecular flexibility index (Phi) is 6.52. The third-order valence-corrected chi connectivity index (χ3v) is 4.67. The predicted octanol–water partition coefficient (Wildman–Crippen LogP) is 3.51. The molecule has 0 unspecified atom stereocenters. The fourth-order valence-electron chi connectivity index (χ4n) is 3.04. The maximum absolute atomic E-state index is 13.1. The van der Waals surface area contributed by atoms with E-state index in [0.717, 1.165) is 22.9 Å². The molecule has 0 radical (unpaired) electrons. The second-order valence-corrected chi connectivity index (χ2v) is 6.82. The van der Waals surface area contributed by atoms with Gasteiger partial charge in [0.05, 0.1) is 25.5 Å². The Morgan fingerprint density at radius 2 is 1.84 bits per heavy atom. The van der Waals surface area contributed by atoms with Crippen molar-refractivity contribution in [3.63, 3.8) is 0 Å². The van der Waals surface area contributed by atoms with Crippen molar-refractivity contribution in [2.24, 2.45) is 0 Å². The van der Waals surface area contributed by atoms with Crippen LogP contribution in [0, 0.1) is 6.92 Å². The van der Waals surface area contributed by atoms with Gasteiger partial charge in [0.1, 0.15) is 11.5 Å². The Balaban J connectivity index is 1.90. The van der Waals surface area contributed by atoms with Crippen molar-refractivity contribution in [1.82, 2.24) is 15.1 Å². The number of hydrogen-bond acceptors (Lipinski definition) is 5. The van der Waals surface area contributed by atoms with Crippen molar-refractivity contribution in [3.8, 4) is 17.2 Å². The fourth-order valence-corrected chi connectivity index (χ4v) is 3.04. The fraction of sp³-hybridized carbons (Fsp3) is 0.227. The van der Waals surface area contributed by atoms with Gasteiger partial charge in [0, 0.05) is 29.9 Å². The van der Waals surface area contributed by atoms with Gasteiger partial charge in [-0.2, -0.15) is 18.3 Å². The molecule has 1 N–H and O–H groups in total. The SMILES string of the molecule is COc1ccc(CNC(=O)c2nn(-c3cccc(C(F)(F)F)c3)c(C)cc2=O)c(OC)c1. The summed E-state index contributed by atoms with van der Waals surface area (Å²) in [5.41, 5.74) is -0.976. The summed E-state index contributed by atoms with van der Waals surface area (Å²) in [7, 11) is 2.98. The Bertz CT molecular complexity index is 1210. The number of aryl methyl sites for hydroxylation is 1. The summed E-state index contributed by atoms with van der Waals surface area (Å²) in [5.74, 6) is 0.276. The highest BCUT2D eigenvalue weighted by molar-refractivity contribution is 5.92. The smallest absolute Gasteiger partial charge is 0.416 e. The third kappa shape index (κ3) is 4.90. The van der Waals surface area contributed by atoms with Crippen LogP contribution < -0.4 is 20.2 Å². The molecule has 1 aromatic heterocycles. The number of carbonyl (C=O) groups excluding carboxylic acids is 1. The van der Waals surface area contributed by atoms with Crippen LogP contribution in [-0.4, -0.2) is 29.9 Å². The van der Waals surface area contributed by atoms with Gasteiger partial charge in [-0.3, -0.25) is 9.59 Å². The van der Waals surface area contributed by atoms with E-state index in [1.165, 1.54) is 33.3 Å². The van der Waals surface area contributed by atoms with Crippen molar-refractivity contribution in [1.29, 1.82) is 0 Å². The first-order valence-electron chi connectivity index (χ1n) is 9.41. The van der Waals surface area contributed by atoms with Crippen LogP contribution in [0.25, 0.3) is 5.69 Å². The Morgan fingerprint density at radius 1 is 1.09 bits per heavy atom.